The van der Waals surface area contributed by atoms with Gasteiger partial charge in [0.15, 0.2) is 5.01 Å². The Morgan fingerprint density at radius 3 is 2.63 bits per heavy atom. The van der Waals surface area contributed by atoms with Gasteiger partial charge in [-0.05, 0) is 61.8 Å². The van der Waals surface area contributed by atoms with E-state index in [0.29, 0.717) is 11.0 Å². The molecule has 2 aliphatic rings. The maximum absolute atomic E-state index is 12.1. The van der Waals surface area contributed by atoms with Crippen molar-refractivity contribution in [1.29, 1.82) is 0 Å². The molecule has 30 heavy (non-hydrogen) atoms. The second-order valence-electron chi connectivity index (χ2n) is 8.58. The van der Waals surface area contributed by atoms with Crippen LogP contribution in [0.25, 0.3) is 0 Å². The summed E-state index contributed by atoms with van der Waals surface area (Å²) in [6, 6.07) is 7.15. The summed E-state index contributed by atoms with van der Waals surface area (Å²) in [7, 11) is 0. The van der Waals surface area contributed by atoms with Crippen LogP contribution in [0, 0.1) is 5.92 Å². The number of anilines is 1. The zero-order chi connectivity index (χ0) is 20.9. The smallest absolute Gasteiger partial charge is 0.280 e. The lowest BCUT2D eigenvalue weighted by Crippen LogP contribution is -2.48. The van der Waals surface area contributed by atoms with Gasteiger partial charge in [-0.1, -0.05) is 26.0 Å². The summed E-state index contributed by atoms with van der Waals surface area (Å²) < 4.78 is 0. The quantitative estimate of drug-likeness (QED) is 0.693. The summed E-state index contributed by atoms with van der Waals surface area (Å²) in [4.78, 5) is 21.4. The molecule has 2 heterocycles. The SMILES string of the molecule is CCc1cccc(N2CCN(CC[C@H]3C[C@@H](NC(=O)c4nccs4)C3)CC2)c1CC. The molecule has 1 amide bonds. The van der Waals surface area contributed by atoms with Crippen LogP contribution in [-0.2, 0) is 12.8 Å². The third-order valence-electron chi connectivity index (χ3n) is 6.75. The fourth-order valence-electron chi connectivity index (χ4n) is 4.91. The van der Waals surface area contributed by atoms with Crippen LogP contribution in [0.2, 0.25) is 0 Å². The number of carbonyl (C=O) groups excluding carboxylic acids is 1. The van der Waals surface area contributed by atoms with Crippen molar-refractivity contribution in [2.24, 2.45) is 5.92 Å². The Labute approximate surface area is 184 Å². The van der Waals surface area contributed by atoms with Crippen molar-refractivity contribution >= 4 is 22.9 Å². The van der Waals surface area contributed by atoms with E-state index in [0.717, 1.165) is 57.8 Å². The maximum Gasteiger partial charge on any atom is 0.280 e. The predicted octanol–water partition coefficient (Wildman–Crippen LogP) is 3.99. The van der Waals surface area contributed by atoms with Crippen LogP contribution < -0.4 is 10.2 Å². The van der Waals surface area contributed by atoms with E-state index >= 15 is 0 Å². The van der Waals surface area contributed by atoms with E-state index < -0.39 is 0 Å². The van der Waals surface area contributed by atoms with E-state index in [1.54, 1.807) is 6.20 Å². The highest BCUT2D eigenvalue weighted by molar-refractivity contribution is 7.11. The Hall–Kier alpha value is -1.92. The molecule has 1 saturated heterocycles. The summed E-state index contributed by atoms with van der Waals surface area (Å²) in [5, 5.41) is 5.54. The topological polar surface area (TPSA) is 48.5 Å². The van der Waals surface area contributed by atoms with Crippen LogP contribution in [0.4, 0.5) is 5.69 Å². The number of nitrogens with zero attached hydrogens (tertiary/aromatic N) is 3. The molecule has 1 aliphatic carbocycles. The molecule has 2 fully saturated rings. The molecule has 6 heteroatoms. The molecule has 0 spiro atoms. The van der Waals surface area contributed by atoms with Crippen molar-refractivity contribution in [1.82, 2.24) is 15.2 Å². The monoisotopic (exact) mass is 426 g/mol. The zero-order valence-electron chi connectivity index (χ0n) is 18.3. The molecule has 1 saturated carbocycles. The van der Waals surface area contributed by atoms with Crippen molar-refractivity contribution in [3.05, 3.63) is 45.9 Å². The number of amides is 1. The average molecular weight is 427 g/mol. The molecule has 1 aromatic carbocycles. The van der Waals surface area contributed by atoms with Gasteiger partial charge >= 0.3 is 0 Å². The highest BCUT2D eigenvalue weighted by Crippen LogP contribution is 2.31. The number of nitrogens with one attached hydrogen (secondary N) is 1. The van der Waals surface area contributed by atoms with E-state index in [1.165, 1.54) is 41.1 Å². The Balaban J connectivity index is 1.17. The number of thiazole rings is 1. The molecule has 0 unspecified atom stereocenters. The summed E-state index contributed by atoms with van der Waals surface area (Å²) in [6.45, 7) is 10.3. The van der Waals surface area contributed by atoms with Gasteiger partial charge in [0, 0.05) is 49.5 Å². The molecule has 4 rings (SSSR count). The van der Waals surface area contributed by atoms with E-state index in [4.69, 9.17) is 0 Å². The lowest BCUT2D eigenvalue weighted by Gasteiger charge is -2.40. The summed E-state index contributed by atoms with van der Waals surface area (Å²) >= 11 is 1.41. The number of carbonyl (C=O) groups is 1. The summed E-state index contributed by atoms with van der Waals surface area (Å²) in [5.41, 5.74) is 4.49. The first-order valence-electron chi connectivity index (χ1n) is 11.5. The first-order chi connectivity index (χ1) is 14.7. The molecule has 1 N–H and O–H groups in total. The van der Waals surface area contributed by atoms with Gasteiger partial charge in [0.2, 0.25) is 0 Å². The third kappa shape index (κ3) is 4.86. The van der Waals surface area contributed by atoms with Crippen LogP contribution in [0.5, 0.6) is 0 Å². The number of benzene rings is 1. The Kier molecular flexibility index (Phi) is 7.05. The molecular formula is C24H34N4OS. The molecule has 0 atom stereocenters. The van der Waals surface area contributed by atoms with Crippen LogP contribution >= 0.6 is 11.3 Å². The highest BCUT2D eigenvalue weighted by Gasteiger charge is 2.31. The number of rotatable bonds is 8. The normalized spacial score (nSPS) is 22.0. The van der Waals surface area contributed by atoms with Gasteiger partial charge < -0.3 is 10.2 Å². The van der Waals surface area contributed by atoms with E-state index in [9.17, 15) is 4.79 Å². The Morgan fingerprint density at radius 2 is 1.97 bits per heavy atom. The van der Waals surface area contributed by atoms with Crippen molar-refractivity contribution in [2.45, 2.75) is 52.0 Å². The second-order valence-corrected chi connectivity index (χ2v) is 9.48. The number of aromatic nitrogens is 1. The second kappa shape index (κ2) is 9.92. The van der Waals surface area contributed by atoms with Gasteiger partial charge in [-0.2, -0.15) is 0 Å². The third-order valence-corrected chi connectivity index (χ3v) is 7.52. The van der Waals surface area contributed by atoms with Crippen molar-refractivity contribution in [3.63, 3.8) is 0 Å². The minimum Gasteiger partial charge on any atom is -0.369 e. The van der Waals surface area contributed by atoms with Gasteiger partial charge in [0.05, 0.1) is 0 Å². The van der Waals surface area contributed by atoms with E-state index in [-0.39, 0.29) is 5.91 Å². The van der Waals surface area contributed by atoms with E-state index in [1.807, 2.05) is 5.38 Å². The average Bonchev–Trinajstić information content (AvgIpc) is 3.30. The molecule has 0 bridgehead atoms. The molecule has 5 nitrogen and oxygen atoms in total. The van der Waals surface area contributed by atoms with Gasteiger partial charge in [0.1, 0.15) is 0 Å². The Morgan fingerprint density at radius 1 is 1.17 bits per heavy atom. The number of aryl methyl sites for hydroxylation is 1. The van der Waals surface area contributed by atoms with Crippen LogP contribution in [0.1, 0.15) is 54.0 Å². The predicted molar refractivity (Wildman–Crippen MR) is 125 cm³/mol. The van der Waals surface area contributed by atoms with Gasteiger partial charge in [-0.3, -0.25) is 9.69 Å². The minimum atomic E-state index is -0.0110. The van der Waals surface area contributed by atoms with Crippen molar-refractivity contribution in [3.8, 4) is 0 Å². The van der Waals surface area contributed by atoms with Crippen LogP contribution in [0.15, 0.2) is 29.8 Å². The van der Waals surface area contributed by atoms with Gasteiger partial charge in [-0.25, -0.2) is 4.98 Å². The number of hydrogen-bond donors (Lipinski definition) is 1. The van der Waals surface area contributed by atoms with E-state index in [2.05, 4.69) is 52.1 Å². The minimum absolute atomic E-state index is 0.0110. The van der Waals surface area contributed by atoms with Gasteiger partial charge in [0.25, 0.3) is 5.91 Å². The Bertz CT molecular complexity index is 824. The first-order valence-corrected chi connectivity index (χ1v) is 12.3. The zero-order valence-corrected chi connectivity index (χ0v) is 19.1. The molecule has 2 aromatic rings. The molecule has 1 aromatic heterocycles. The van der Waals surface area contributed by atoms with Crippen LogP contribution in [-0.4, -0.2) is 54.6 Å². The number of piperazine rings is 1. The first kappa shape index (κ1) is 21.3. The molecular weight excluding hydrogens is 392 g/mol. The fraction of sp³-hybridized carbons (Fsp3) is 0.583. The number of hydrogen-bond acceptors (Lipinski definition) is 5. The van der Waals surface area contributed by atoms with Crippen molar-refractivity contribution < 1.29 is 4.79 Å². The molecule has 1 aliphatic heterocycles. The highest BCUT2D eigenvalue weighted by atomic mass is 32.1. The summed E-state index contributed by atoms with van der Waals surface area (Å²) in [6.07, 6.45) is 7.38. The molecule has 162 valence electrons. The maximum atomic E-state index is 12.1. The largest absolute Gasteiger partial charge is 0.369 e. The van der Waals surface area contributed by atoms with Gasteiger partial charge in [-0.15, -0.1) is 11.3 Å². The van der Waals surface area contributed by atoms with Crippen LogP contribution in [0.3, 0.4) is 0 Å². The standard InChI is InChI=1S/C24H34N4OS/c1-3-19-6-5-7-22(21(19)4-2)28-13-11-27(12-14-28)10-8-18-16-20(17-18)26-23(29)24-25-9-15-30-24/h5-7,9,15,18,20H,3-4,8,10-14,16-17H2,1-2H3,(H,26,29)/t18-,20+. The van der Waals surface area contributed by atoms with Crippen molar-refractivity contribution in [2.75, 3.05) is 37.6 Å². The molecule has 0 radical (unpaired) electrons. The summed E-state index contributed by atoms with van der Waals surface area (Å²) in [5.74, 6) is 0.737. The lowest BCUT2D eigenvalue weighted by molar-refractivity contribution is 0.0877. The fourth-order valence-corrected chi connectivity index (χ4v) is 5.44. The lowest BCUT2D eigenvalue weighted by atomic mass is 9.78.